The monoisotopic (exact) mass is 487 g/mol. The SMILES string of the molecule is CC(C)(C)N(CCO)C(=O)c1cnc2c(c1)N(S(=O)(=O)c1ccc(C(F)(F)F)cc1)CCO2. The van der Waals surface area contributed by atoms with Crippen LogP contribution in [0.4, 0.5) is 18.9 Å². The molecule has 3 rings (SSSR count). The Labute approximate surface area is 189 Å². The van der Waals surface area contributed by atoms with Gasteiger partial charge in [0.25, 0.3) is 15.9 Å². The van der Waals surface area contributed by atoms with Gasteiger partial charge in [-0.25, -0.2) is 13.4 Å². The molecular weight excluding hydrogens is 463 g/mol. The third-order valence-electron chi connectivity index (χ3n) is 5.03. The summed E-state index contributed by atoms with van der Waals surface area (Å²) in [5.74, 6) is -0.484. The second-order valence-electron chi connectivity index (χ2n) is 8.35. The summed E-state index contributed by atoms with van der Waals surface area (Å²) in [5, 5.41) is 9.34. The van der Waals surface area contributed by atoms with Gasteiger partial charge in [-0.1, -0.05) is 0 Å². The van der Waals surface area contributed by atoms with Crippen LogP contribution in [0.1, 0.15) is 36.7 Å². The van der Waals surface area contributed by atoms with E-state index in [2.05, 4.69) is 4.98 Å². The summed E-state index contributed by atoms with van der Waals surface area (Å²) in [5.41, 5.74) is -1.51. The van der Waals surface area contributed by atoms with E-state index in [-0.39, 0.29) is 48.3 Å². The minimum Gasteiger partial charge on any atom is -0.474 e. The predicted octanol–water partition coefficient (Wildman–Crippen LogP) is 2.92. The molecule has 1 aliphatic rings. The van der Waals surface area contributed by atoms with Crippen LogP contribution < -0.4 is 9.04 Å². The van der Waals surface area contributed by atoms with Crippen molar-refractivity contribution in [3.05, 3.63) is 47.7 Å². The van der Waals surface area contributed by atoms with Crippen molar-refractivity contribution in [3.8, 4) is 5.88 Å². The number of hydrogen-bond acceptors (Lipinski definition) is 6. The van der Waals surface area contributed by atoms with Crippen LogP contribution in [0.15, 0.2) is 41.4 Å². The van der Waals surface area contributed by atoms with Gasteiger partial charge in [0.1, 0.15) is 12.3 Å². The van der Waals surface area contributed by atoms with Crippen LogP contribution in [0.2, 0.25) is 0 Å². The molecule has 0 radical (unpaired) electrons. The topological polar surface area (TPSA) is 100 Å². The Hall–Kier alpha value is -2.86. The number of halogens is 3. The highest BCUT2D eigenvalue weighted by molar-refractivity contribution is 7.92. The van der Waals surface area contributed by atoms with E-state index < -0.39 is 33.2 Å². The third kappa shape index (κ3) is 5.06. The fourth-order valence-corrected chi connectivity index (χ4v) is 4.82. The van der Waals surface area contributed by atoms with Gasteiger partial charge in [0.05, 0.1) is 29.2 Å². The van der Waals surface area contributed by atoms with Crippen LogP contribution in [-0.4, -0.2) is 61.2 Å². The molecule has 180 valence electrons. The largest absolute Gasteiger partial charge is 0.474 e. The Morgan fingerprint density at radius 3 is 2.39 bits per heavy atom. The highest BCUT2D eigenvalue weighted by Crippen LogP contribution is 2.36. The number of rotatable bonds is 5. The average molecular weight is 488 g/mol. The minimum absolute atomic E-state index is 0.00450. The van der Waals surface area contributed by atoms with Crippen molar-refractivity contribution in [1.82, 2.24) is 9.88 Å². The Morgan fingerprint density at radius 1 is 1.21 bits per heavy atom. The van der Waals surface area contributed by atoms with Gasteiger partial charge in [0.15, 0.2) is 0 Å². The average Bonchev–Trinajstić information content (AvgIpc) is 2.75. The molecule has 0 bridgehead atoms. The number of amides is 1. The van der Waals surface area contributed by atoms with Crippen LogP contribution in [0.5, 0.6) is 5.88 Å². The smallest absolute Gasteiger partial charge is 0.416 e. The van der Waals surface area contributed by atoms with E-state index in [0.717, 1.165) is 16.4 Å². The number of sulfonamides is 1. The quantitative estimate of drug-likeness (QED) is 0.696. The highest BCUT2D eigenvalue weighted by atomic mass is 32.2. The molecule has 33 heavy (non-hydrogen) atoms. The molecule has 1 amide bonds. The summed E-state index contributed by atoms with van der Waals surface area (Å²) in [6, 6.07) is 4.49. The molecule has 0 saturated carbocycles. The lowest BCUT2D eigenvalue weighted by Gasteiger charge is -2.36. The molecule has 0 saturated heterocycles. The molecule has 8 nitrogen and oxygen atoms in total. The van der Waals surface area contributed by atoms with Gasteiger partial charge in [0, 0.05) is 18.3 Å². The number of alkyl halides is 3. The van der Waals surface area contributed by atoms with Gasteiger partial charge in [0.2, 0.25) is 5.88 Å². The number of benzene rings is 1. The molecule has 0 spiro atoms. The summed E-state index contributed by atoms with van der Waals surface area (Å²) < 4.78 is 71.4. The standard InChI is InChI=1S/C21H24F3N3O5S/c1-20(2,3)26(8-10-28)19(29)14-12-17-18(25-13-14)32-11-9-27(17)33(30,31)16-6-4-15(5-7-16)21(22,23)24/h4-7,12-13,28H,8-11H2,1-3H3. The first kappa shape index (κ1) is 24.8. The lowest BCUT2D eigenvalue weighted by atomic mass is 10.0. The van der Waals surface area contributed by atoms with E-state index in [4.69, 9.17) is 4.74 Å². The Bertz CT molecular complexity index is 1130. The van der Waals surface area contributed by atoms with E-state index >= 15 is 0 Å². The zero-order valence-electron chi connectivity index (χ0n) is 18.3. The van der Waals surface area contributed by atoms with Gasteiger partial charge >= 0.3 is 6.18 Å². The lowest BCUT2D eigenvalue weighted by molar-refractivity contribution is -0.137. The number of carbonyl (C=O) groups excluding carboxylic acids is 1. The Morgan fingerprint density at radius 2 is 1.85 bits per heavy atom. The first-order valence-electron chi connectivity index (χ1n) is 10.0. The second kappa shape index (κ2) is 8.82. The number of nitrogens with zero attached hydrogens (tertiary/aromatic N) is 3. The Kier molecular flexibility index (Phi) is 6.62. The number of anilines is 1. The fraction of sp³-hybridized carbons (Fsp3) is 0.429. The number of β-amino-alcohol motifs (C(OH)–C–C–N with tert-alkyl or cyclic N) is 1. The van der Waals surface area contributed by atoms with Gasteiger partial charge in [-0.3, -0.25) is 9.10 Å². The van der Waals surface area contributed by atoms with Gasteiger partial charge in [-0.15, -0.1) is 0 Å². The summed E-state index contributed by atoms with van der Waals surface area (Å²) in [6.07, 6.45) is -3.34. The molecule has 0 atom stereocenters. The maximum Gasteiger partial charge on any atom is 0.416 e. The van der Waals surface area contributed by atoms with Crippen molar-refractivity contribution in [2.45, 2.75) is 37.4 Å². The van der Waals surface area contributed by atoms with Crippen molar-refractivity contribution < 1.29 is 36.2 Å². The predicted molar refractivity (Wildman–Crippen MR) is 114 cm³/mol. The van der Waals surface area contributed by atoms with Crippen molar-refractivity contribution in [1.29, 1.82) is 0 Å². The van der Waals surface area contributed by atoms with Gasteiger partial charge in [-0.2, -0.15) is 13.2 Å². The summed E-state index contributed by atoms with van der Waals surface area (Å²) >= 11 is 0. The van der Waals surface area contributed by atoms with Gasteiger partial charge < -0.3 is 14.7 Å². The van der Waals surface area contributed by atoms with Crippen molar-refractivity contribution in [3.63, 3.8) is 0 Å². The number of ether oxygens (including phenoxy) is 1. The minimum atomic E-state index is -4.60. The molecular formula is C21H24F3N3O5S. The number of aliphatic hydroxyl groups excluding tert-OH is 1. The second-order valence-corrected chi connectivity index (χ2v) is 10.2. The van der Waals surface area contributed by atoms with Crippen LogP contribution in [0.25, 0.3) is 0 Å². The first-order valence-corrected chi connectivity index (χ1v) is 11.5. The zero-order valence-corrected chi connectivity index (χ0v) is 19.1. The summed E-state index contributed by atoms with van der Waals surface area (Å²) in [6.45, 7) is 5.02. The summed E-state index contributed by atoms with van der Waals surface area (Å²) in [4.78, 5) is 18.3. The fourth-order valence-electron chi connectivity index (χ4n) is 3.38. The van der Waals surface area contributed by atoms with Crippen molar-refractivity contribution in [2.24, 2.45) is 0 Å². The third-order valence-corrected chi connectivity index (χ3v) is 6.86. The van der Waals surface area contributed by atoms with Crippen LogP contribution in [0, 0.1) is 0 Å². The molecule has 1 N–H and O–H groups in total. The zero-order chi connectivity index (χ0) is 24.6. The van der Waals surface area contributed by atoms with Gasteiger partial charge in [-0.05, 0) is 51.1 Å². The maximum absolute atomic E-state index is 13.2. The molecule has 2 heterocycles. The number of aromatic nitrogens is 1. The maximum atomic E-state index is 13.2. The molecule has 1 aromatic heterocycles. The highest BCUT2D eigenvalue weighted by Gasteiger charge is 2.35. The van der Waals surface area contributed by atoms with Crippen molar-refractivity contribution >= 4 is 21.6 Å². The normalized spacial score (nSPS) is 14.5. The van der Waals surface area contributed by atoms with E-state index in [1.165, 1.54) is 17.2 Å². The number of carbonyl (C=O) groups is 1. The first-order chi connectivity index (χ1) is 15.3. The number of pyridine rings is 1. The molecule has 12 heteroatoms. The van der Waals surface area contributed by atoms with E-state index in [1.807, 2.05) is 0 Å². The lowest BCUT2D eigenvalue weighted by Crippen LogP contribution is -2.47. The molecule has 1 aliphatic heterocycles. The Balaban J connectivity index is 2.01. The number of fused-ring (bicyclic) bond motifs is 1. The number of aliphatic hydroxyl groups is 1. The van der Waals surface area contributed by atoms with Crippen LogP contribution in [-0.2, 0) is 16.2 Å². The molecule has 2 aromatic rings. The van der Waals surface area contributed by atoms with E-state index in [9.17, 15) is 31.5 Å². The molecule has 1 aromatic carbocycles. The van der Waals surface area contributed by atoms with Crippen LogP contribution >= 0.6 is 0 Å². The van der Waals surface area contributed by atoms with Crippen LogP contribution in [0.3, 0.4) is 0 Å². The molecule has 0 fully saturated rings. The summed E-state index contributed by atoms with van der Waals surface area (Å²) in [7, 11) is -4.26. The molecule has 0 unspecified atom stereocenters. The van der Waals surface area contributed by atoms with E-state index in [1.54, 1.807) is 20.8 Å². The molecule has 0 aliphatic carbocycles. The van der Waals surface area contributed by atoms with Crippen molar-refractivity contribution in [2.75, 3.05) is 30.6 Å². The van der Waals surface area contributed by atoms with E-state index in [0.29, 0.717) is 12.1 Å². The number of hydrogen-bond donors (Lipinski definition) is 1.